The SMILES string of the molecule is O=C(O)C=CCc1cn[nH]n1. The number of aliphatic carboxylic acids is 1. The first-order valence-corrected chi connectivity index (χ1v) is 3.03. The zero-order chi connectivity index (χ0) is 8.10. The molecule has 11 heavy (non-hydrogen) atoms. The second-order valence-corrected chi connectivity index (χ2v) is 1.91. The van der Waals surface area contributed by atoms with Crippen molar-refractivity contribution in [3.05, 3.63) is 24.0 Å². The lowest BCUT2D eigenvalue weighted by molar-refractivity contribution is -0.131. The van der Waals surface area contributed by atoms with Crippen molar-refractivity contribution in [1.29, 1.82) is 0 Å². The standard InChI is InChI=1S/C6H7N3O2/c10-6(11)3-1-2-5-4-7-9-8-5/h1,3-4H,2H2,(H,10,11)(H,7,8,9). The summed E-state index contributed by atoms with van der Waals surface area (Å²) < 4.78 is 0. The van der Waals surface area contributed by atoms with Crippen molar-refractivity contribution in [3.63, 3.8) is 0 Å². The Kier molecular flexibility index (Phi) is 2.37. The number of carboxylic acid groups (broad SMARTS) is 1. The molecule has 0 aliphatic carbocycles. The maximum Gasteiger partial charge on any atom is 0.327 e. The minimum Gasteiger partial charge on any atom is -0.478 e. The van der Waals surface area contributed by atoms with E-state index < -0.39 is 5.97 Å². The summed E-state index contributed by atoms with van der Waals surface area (Å²) in [5.41, 5.74) is 0.725. The third kappa shape index (κ3) is 2.61. The maximum atomic E-state index is 10.00. The molecule has 0 bridgehead atoms. The van der Waals surface area contributed by atoms with Gasteiger partial charge in [-0.25, -0.2) is 4.79 Å². The van der Waals surface area contributed by atoms with Gasteiger partial charge in [-0.2, -0.15) is 15.4 Å². The Morgan fingerprint density at radius 2 is 2.64 bits per heavy atom. The highest BCUT2D eigenvalue weighted by Gasteiger charge is 1.91. The van der Waals surface area contributed by atoms with Crippen molar-refractivity contribution >= 4 is 5.97 Å². The molecule has 0 saturated carbocycles. The number of carbonyl (C=O) groups is 1. The number of nitrogens with one attached hydrogen (secondary N) is 1. The normalized spacial score (nSPS) is 10.5. The van der Waals surface area contributed by atoms with Gasteiger partial charge < -0.3 is 5.11 Å². The Balaban J connectivity index is 2.40. The first-order valence-electron chi connectivity index (χ1n) is 3.03. The van der Waals surface area contributed by atoms with Gasteiger partial charge in [-0.3, -0.25) is 0 Å². The van der Waals surface area contributed by atoms with Crippen molar-refractivity contribution < 1.29 is 9.90 Å². The van der Waals surface area contributed by atoms with Gasteiger partial charge in [0.1, 0.15) is 0 Å². The van der Waals surface area contributed by atoms with Crippen LogP contribution in [0.4, 0.5) is 0 Å². The smallest absolute Gasteiger partial charge is 0.327 e. The molecule has 2 N–H and O–H groups in total. The number of carboxylic acids is 1. The predicted molar refractivity (Wildman–Crippen MR) is 36.9 cm³/mol. The van der Waals surface area contributed by atoms with Crippen LogP contribution in [0, 0.1) is 0 Å². The van der Waals surface area contributed by atoms with Crippen molar-refractivity contribution in [2.75, 3.05) is 0 Å². The molecule has 1 heterocycles. The lowest BCUT2D eigenvalue weighted by Crippen LogP contribution is -1.87. The number of allylic oxidation sites excluding steroid dienone is 1. The Hall–Kier alpha value is -1.65. The highest BCUT2D eigenvalue weighted by atomic mass is 16.4. The second kappa shape index (κ2) is 3.50. The molecule has 5 nitrogen and oxygen atoms in total. The zero-order valence-electron chi connectivity index (χ0n) is 5.69. The van der Waals surface area contributed by atoms with Gasteiger partial charge in [-0.05, 0) is 0 Å². The minimum absolute atomic E-state index is 0.489. The molecule has 1 rings (SSSR count). The van der Waals surface area contributed by atoms with E-state index in [1.165, 1.54) is 6.08 Å². The summed E-state index contributed by atoms with van der Waals surface area (Å²) in [7, 11) is 0. The van der Waals surface area contributed by atoms with E-state index in [1.54, 1.807) is 6.20 Å². The molecule has 1 aromatic heterocycles. The second-order valence-electron chi connectivity index (χ2n) is 1.91. The van der Waals surface area contributed by atoms with Gasteiger partial charge in [0, 0.05) is 12.5 Å². The van der Waals surface area contributed by atoms with Crippen molar-refractivity contribution in [1.82, 2.24) is 15.4 Å². The van der Waals surface area contributed by atoms with Crippen LogP contribution < -0.4 is 0 Å². The van der Waals surface area contributed by atoms with Crippen molar-refractivity contribution in [2.45, 2.75) is 6.42 Å². The minimum atomic E-state index is -0.950. The molecule has 0 aliphatic rings. The predicted octanol–water partition coefficient (Wildman–Crippen LogP) is -0.0120. The summed E-state index contributed by atoms with van der Waals surface area (Å²) in [6, 6.07) is 0. The molecule has 0 atom stereocenters. The summed E-state index contributed by atoms with van der Waals surface area (Å²) in [6.07, 6.45) is 4.63. The van der Waals surface area contributed by atoms with Crippen LogP contribution in [0.2, 0.25) is 0 Å². The summed E-state index contributed by atoms with van der Waals surface area (Å²) >= 11 is 0. The van der Waals surface area contributed by atoms with E-state index in [9.17, 15) is 4.79 Å². The molecule has 0 spiro atoms. The quantitative estimate of drug-likeness (QED) is 0.598. The fourth-order valence-electron chi connectivity index (χ4n) is 0.604. The number of nitrogens with zero attached hydrogens (tertiary/aromatic N) is 2. The number of aromatic nitrogens is 3. The van der Waals surface area contributed by atoms with E-state index in [-0.39, 0.29) is 0 Å². The number of H-pyrrole nitrogens is 1. The molecule has 58 valence electrons. The lowest BCUT2D eigenvalue weighted by Gasteiger charge is -1.82. The zero-order valence-corrected chi connectivity index (χ0v) is 5.69. The van der Waals surface area contributed by atoms with Crippen LogP contribution in [0.15, 0.2) is 18.3 Å². The molecule has 0 radical (unpaired) electrons. The van der Waals surface area contributed by atoms with Gasteiger partial charge in [-0.15, -0.1) is 0 Å². The van der Waals surface area contributed by atoms with Crippen LogP contribution >= 0.6 is 0 Å². The molecular weight excluding hydrogens is 146 g/mol. The number of rotatable bonds is 3. The Morgan fingerprint density at radius 1 is 1.82 bits per heavy atom. The van der Waals surface area contributed by atoms with E-state index >= 15 is 0 Å². The van der Waals surface area contributed by atoms with E-state index in [1.807, 2.05) is 0 Å². The van der Waals surface area contributed by atoms with Crippen LogP contribution in [-0.2, 0) is 11.2 Å². The molecule has 0 unspecified atom stereocenters. The summed E-state index contributed by atoms with van der Waals surface area (Å²) in [6.45, 7) is 0. The number of aromatic amines is 1. The van der Waals surface area contributed by atoms with Gasteiger partial charge in [0.05, 0.1) is 11.9 Å². The monoisotopic (exact) mass is 153 g/mol. The Labute approximate surface area is 62.7 Å². The fourth-order valence-corrected chi connectivity index (χ4v) is 0.604. The van der Waals surface area contributed by atoms with Gasteiger partial charge in [0.2, 0.25) is 0 Å². The van der Waals surface area contributed by atoms with Crippen LogP contribution in [0.25, 0.3) is 0 Å². The first-order chi connectivity index (χ1) is 5.29. The van der Waals surface area contributed by atoms with E-state index in [0.717, 1.165) is 11.8 Å². The fraction of sp³-hybridized carbons (Fsp3) is 0.167. The first kappa shape index (κ1) is 7.46. The molecule has 0 saturated heterocycles. The summed E-state index contributed by atoms with van der Waals surface area (Å²) in [4.78, 5) is 10.00. The molecular formula is C6H7N3O2. The number of hydrogen-bond donors (Lipinski definition) is 2. The van der Waals surface area contributed by atoms with Gasteiger partial charge in [0.25, 0.3) is 0 Å². The van der Waals surface area contributed by atoms with Crippen LogP contribution in [0.5, 0.6) is 0 Å². The highest BCUT2D eigenvalue weighted by molar-refractivity contribution is 5.79. The number of hydrogen-bond acceptors (Lipinski definition) is 3. The third-order valence-corrected chi connectivity index (χ3v) is 1.05. The molecule has 0 amide bonds. The molecule has 0 fully saturated rings. The van der Waals surface area contributed by atoms with E-state index in [4.69, 9.17) is 5.11 Å². The van der Waals surface area contributed by atoms with Crippen LogP contribution in [0.1, 0.15) is 5.69 Å². The largest absolute Gasteiger partial charge is 0.478 e. The van der Waals surface area contributed by atoms with Gasteiger partial charge in [-0.1, -0.05) is 6.08 Å². The van der Waals surface area contributed by atoms with Gasteiger partial charge >= 0.3 is 5.97 Å². The van der Waals surface area contributed by atoms with E-state index in [2.05, 4.69) is 15.4 Å². The average Bonchev–Trinajstić information content (AvgIpc) is 2.39. The molecule has 1 aromatic rings. The summed E-state index contributed by atoms with van der Waals surface area (Å²) in [5, 5.41) is 17.9. The van der Waals surface area contributed by atoms with E-state index in [0.29, 0.717) is 6.42 Å². The van der Waals surface area contributed by atoms with Crippen LogP contribution in [0.3, 0.4) is 0 Å². The lowest BCUT2D eigenvalue weighted by atomic mass is 10.3. The van der Waals surface area contributed by atoms with Crippen molar-refractivity contribution in [2.24, 2.45) is 0 Å². The topological polar surface area (TPSA) is 78.9 Å². The van der Waals surface area contributed by atoms with Crippen LogP contribution in [-0.4, -0.2) is 26.5 Å². The molecule has 0 aromatic carbocycles. The third-order valence-electron chi connectivity index (χ3n) is 1.05. The van der Waals surface area contributed by atoms with Crippen molar-refractivity contribution in [3.8, 4) is 0 Å². The Bertz CT molecular complexity index is 253. The average molecular weight is 153 g/mol. The molecule has 0 aliphatic heterocycles. The highest BCUT2D eigenvalue weighted by Crippen LogP contribution is 1.90. The van der Waals surface area contributed by atoms with Gasteiger partial charge in [0.15, 0.2) is 0 Å². The summed E-state index contributed by atoms with van der Waals surface area (Å²) in [5.74, 6) is -0.950. The maximum absolute atomic E-state index is 10.00. The Morgan fingerprint density at radius 3 is 3.18 bits per heavy atom. The molecule has 5 heteroatoms.